The first-order valence-corrected chi connectivity index (χ1v) is 10.4. The Kier molecular flexibility index (Phi) is 6.47. The molecule has 1 unspecified atom stereocenters. The Hall–Kier alpha value is -2.38. The van der Waals surface area contributed by atoms with Gasteiger partial charge in [0.2, 0.25) is 0 Å². The monoisotopic (exact) mass is 402 g/mol. The molecule has 1 atom stereocenters. The van der Waals surface area contributed by atoms with Crippen molar-refractivity contribution < 1.29 is 14.3 Å². The van der Waals surface area contributed by atoms with E-state index in [1.54, 1.807) is 24.6 Å². The molecule has 142 valence electrons. The van der Waals surface area contributed by atoms with Crippen LogP contribution >= 0.6 is 22.7 Å². The summed E-state index contributed by atoms with van der Waals surface area (Å²) in [6.07, 6.45) is 2.56. The van der Waals surface area contributed by atoms with Gasteiger partial charge in [0.1, 0.15) is 9.88 Å². The number of hydrogen-bond donors (Lipinski definition) is 1. The van der Waals surface area contributed by atoms with E-state index < -0.39 is 0 Å². The Balaban J connectivity index is 1.69. The Morgan fingerprint density at radius 1 is 1.30 bits per heavy atom. The molecule has 1 amide bonds. The summed E-state index contributed by atoms with van der Waals surface area (Å²) in [5.41, 5.74) is 0.951. The maximum atomic E-state index is 12.6. The third-order valence-electron chi connectivity index (χ3n) is 3.96. The molecule has 0 bridgehead atoms. The highest BCUT2D eigenvalue weighted by atomic mass is 32.1. The van der Waals surface area contributed by atoms with Gasteiger partial charge in [-0.05, 0) is 42.5 Å². The molecule has 5 nitrogen and oxygen atoms in total. The number of hydrogen-bond acceptors (Lipinski definition) is 6. The fourth-order valence-electron chi connectivity index (χ4n) is 2.53. The van der Waals surface area contributed by atoms with Gasteiger partial charge in [-0.15, -0.1) is 22.7 Å². The van der Waals surface area contributed by atoms with E-state index in [1.165, 1.54) is 11.3 Å². The highest BCUT2D eigenvalue weighted by molar-refractivity contribution is 7.21. The number of carbonyl (C=O) groups excluding carboxylic acids is 1. The van der Waals surface area contributed by atoms with Crippen molar-refractivity contribution in [2.24, 2.45) is 0 Å². The van der Waals surface area contributed by atoms with Crippen LogP contribution in [0, 0.1) is 0 Å². The van der Waals surface area contributed by atoms with E-state index in [1.807, 2.05) is 42.6 Å². The fourth-order valence-corrected chi connectivity index (χ4v) is 4.15. The number of benzene rings is 1. The fraction of sp³-hybridized carbons (Fsp3) is 0.300. The number of aromatic nitrogens is 1. The highest BCUT2D eigenvalue weighted by Crippen LogP contribution is 2.31. The molecule has 2 aromatic heterocycles. The van der Waals surface area contributed by atoms with E-state index >= 15 is 0 Å². The van der Waals surface area contributed by atoms with Gasteiger partial charge < -0.3 is 14.8 Å². The lowest BCUT2D eigenvalue weighted by Crippen LogP contribution is -2.25. The summed E-state index contributed by atoms with van der Waals surface area (Å²) < 4.78 is 11.1. The van der Waals surface area contributed by atoms with Crippen LogP contribution in [-0.4, -0.2) is 24.6 Å². The van der Waals surface area contributed by atoms with Crippen LogP contribution in [0.1, 0.15) is 41.5 Å². The molecule has 7 heteroatoms. The lowest BCUT2D eigenvalue weighted by Gasteiger charge is -2.16. The molecule has 0 aliphatic rings. The topological polar surface area (TPSA) is 60.5 Å². The van der Waals surface area contributed by atoms with E-state index in [0.29, 0.717) is 23.0 Å². The second-order valence-electron chi connectivity index (χ2n) is 5.96. The number of ether oxygens (including phenoxy) is 2. The lowest BCUT2D eigenvalue weighted by molar-refractivity contribution is 0.0943. The number of methoxy groups -OCH3 is 1. The van der Waals surface area contributed by atoms with Crippen molar-refractivity contribution in [2.45, 2.75) is 26.3 Å². The average molecular weight is 403 g/mol. The molecule has 2 heterocycles. The first-order chi connectivity index (χ1) is 13.1. The van der Waals surface area contributed by atoms with Gasteiger partial charge in [0.15, 0.2) is 11.5 Å². The number of nitrogens with one attached hydrogen (secondary N) is 1. The maximum Gasteiger partial charge on any atom is 0.263 e. The molecule has 0 saturated carbocycles. The molecule has 0 saturated heterocycles. The molecular weight excluding hydrogens is 380 g/mol. The number of rotatable bonds is 8. The molecule has 0 radical (unpaired) electrons. The van der Waals surface area contributed by atoms with Crippen LogP contribution in [0.3, 0.4) is 0 Å². The van der Waals surface area contributed by atoms with Crippen molar-refractivity contribution in [1.29, 1.82) is 0 Å². The molecule has 1 N–H and O–H groups in total. The van der Waals surface area contributed by atoms with E-state index in [0.717, 1.165) is 21.9 Å². The molecule has 0 aliphatic heterocycles. The lowest BCUT2D eigenvalue weighted by atomic mass is 10.1. The summed E-state index contributed by atoms with van der Waals surface area (Å²) in [6, 6.07) is 9.54. The van der Waals surface area contributed by atoms with Crippen LogP contribution in [-0.2, 0) is 0 Å². The van der Waals surface area contributed by atoms with Crippen LogP contribution in [0.4, 0.5) is 0 Å². The summed E-state index contributed by atoms with van der Waals surface area (Å²) in [4.78, 5) is 18.6. The minimum absolute atomic E-state index is 0.131. The summed E-state index contributed by atoms with van der Waals surface area (Å²) in [5.74, 6) is 1.25. The molecule has 0 spiro atoms. The Bertz CT molecular complexity index is 891. The Labute approximate surface area is 167 Å². The zero-order chi connectivity index (χ0) is 19.2. The van der Waals surface area contributed by atoms with E-state index in [9.17, 15) is 4.79 Å². The molecule has 0 aliphatic carbocycles. The van der Waals surface area contributed by atoms with Gasteiger partial charge in [0, 0.05) is 0 Å². The summed E-state index contributed by atoms with van der Waals surface area (Å²) in [5, 5.41) is 5.89. The second kappa shape index (κ2) is 9.01. The highest BCUT2D eigenvalue weighted by Gasteiger charge is 2.17. The van der Waals surface area contributed by atoms with Gasteiger partial charge >= 0.3 is 0 Å². The molecule has 3 rings (SSSR count). The van der Waals surface area contributed by atoms with Crippen molar-refractivity contribution in [3.63, 3.8) is 0 Å². The number of amides is 1. The van der Waals surface area contributed by atoms with Crippen LogP contribution in [0.2, 0.25) is 0 Å². The predicted octanol–water partition coefficient (Wildman–Crippen LogP) is 5.16. The summed E-state index contributed by atoms with van der Waals surface area (Å²) >= 11 is 3.01. The SMILES string of the molecule is CCCOc1ccc(C(C)NC(=O)c2cnc(-c3cccs3)s2)cc1OC. The van der Waals surface area contributed by atoms with Crippen LogP contribution in [0.25, 0.3) is 9.88 Å². The van der Waals surface area contributed by atoms with Crippen LogP contribution in [0.15, 0.2) is 41.9 Å². The minimum atomic E-state index is -0.168. The molecule has 3 aromatic rings. The number of thiazole rings is 1. The first kappa shape index (κ1) is 19.4. The molecule has 27 heavy (non-hydrogen) atoms. The van der Waals surface area contributed by atoms with Crippen LogP contribution in [0.5, 0.6) is 11.5 Å². The smallest absolute Gasteiger partial charge is 0.263 e. The van der Waals surface area contributed by atoms with Crippen molar-refractivity contribution >= 4 is 28.6 Å². The second-order valence-corrected chi connectivity index (χ2v) is 7.94. The van der Waals surface area contributed by atoms with Crippen molar-refractivity contribution in [1.82, 2.24) is 10.3 Å². The quantitative estimate of drug-likeness (QED) is 0.565. The van der Waals surface area contributed by atoms with Crippen LogP contribution < -0.4 is 14.8 Å². The van der Waals surface area contributed by atoms with Gasteiger partial charge in [-0.1, -0.05) is 19.1 Å². The standard InChI is InChI=1S/C20H22N2O3S2/c1-4-9-25-15-8-7-14(11-16(15)24-3)13(2)22-19(23)18-12-21-20(27-18)17-6-5-10-26-17/h5-8,10-13H,4,9H2,1-3H3,(H,22,23). The van der Waals surface area contributed by atoms with E-state index in [2.05, 4.69) is 17.2 Å². The van der Waals surface area contributed by atoms with Crippen molar-refractivity contribution in [3.05, 3.63) is 52.3 Å². The van der Waals surface area contributed by atoms with E-state index in [4.69, 9.17) is 9.47 Å². The van der Waals surface area contributed by atoms with Gasteiger partial charge in [-0.25, -0.2) is 4.98 Å². The molecule has 1 aromatic carbocycles. The minimum Gasteiger partial charge on any atom is -0.493 e. The zero-order valence-corrected chi connectivity index (χ0v) is 17.2. The number of thiophene rings is 1. The summed E-state index contributed by atoms with van der Waals surface area (Å²) in [7, 11) is 1.62. The van der Waals surface area contributed by atoms with Gasteiger partial charge in [0.05, 0.1) is 30.8 Å². The Morgan fingerprint density at radius 3 is 2.85 bits per heavy atom. The van der Waals surface area contributed by atoms with Crippen molar-refractivity contribution in [2.75, 3.05) is 13.7 Å². The third kappa shape index (κ3) is 4.67. The summed E-state index contributed by atoms with van der Waals surface area (Å²) in [6.45, 7) is 4.64. The predicted molar refractivity (Wildman–Crippen MR) is 110 cm³/mol. The third-order valence-corrected chi connectivity index (χ3v) is 5.99. The largest absolute Gasteiger partial charge is 0.493 e. The number of carbonyl (C=O) groups is 1. The maximum absolute atomic E-state index is 12.6. The van der Waals surface area contributed by atoms with E-state index in [-0.39, 0.29) is 11.9 Å². The normalized spacial score (nSPS) is 11.8. The van der Waals surface area contributed by atoms with Gasteiger partial charge in [0.25, 0.3) is 5.91 Å². The first-order valence-electron chi connectivity index (χ1n) is 8.73. The zero-order valence-electron chi connectivity index (χ0n) is 15.5. The molecular formula is C20H22N2O3S2. The van der Waals surface area contributed by atoms with Crippen molar-refractivity contribution in [3.8, 4) is 21.4 Å². The van der Waals surface area contributed by atoms with Gasteiger partial charge in [-0.2, -0.15) is 0 Å². The molecule has 0 fully saturated rings. The Morgan fingerprint density at radius 2 is 2.15 bits per heavy atom. The average Bonchev–Trinajstić information content (AvgIpc) is 3.37. The number of nitrogens with zero attached hydrogens (tertiary/aromatic N) is 1. The van der Waals surface area contributed by atoms with Gasteiger partial charge in [-0.3, -0.25) is 4.79 Å².